The van der Waals surface area contributed by atoms with Gasteiger partial charge in [0.15, 0.2) is 23.0 Å². The summed E-state index contributed by atoms with van der Waals surface area (Å²) < 4.78 is 16.9. The van der Waals surface area contributed by atoms with Gasteiger partial charge >= 0.3 is 0 Å². The van der Waals surface area contributed by atoms with E-state index in [0.717, 1.165) is 13.0 Å². The van der Waals surface area contributed by atoms with Gasteiger partial charge in [0, 0.05) is 6.54 Å². The smallest absolute Gasteiger partial charge is 0.290 e. The first-order chi connectivity index (χ1) is 15.9. The molecule has 1 aromatic heterocycles. The van der Waals surface area contributed by atoms with E-state index in [2.05, 4.69) is 0 Å². The second-order valence-corrected chi connectivity index (χ2v) is 8.11. The fourth-order valence-electron chi connectivity index (χ4n) is 3.85. The molecule has 1 unspecified atom stereocenters. The molecule has 0 saturated carbocycles. The van der Waals surface area contributed by atoms with Crippen molar-refractivity contribution in [3.8, 4) is 11.5 Å². The molecule has 178 valence electrons. The molecule has 0 aliphatic carbocycles. The Balaban J connectivity index is 2.04. The van der Waals surface area contributed by atoms with E-state index < -0.39 is 23.5 Å². The highest BCUT2D eigenvalue weighted by molar-refractivity contribution is 6.15. The number of ketones is 1. The third-order valence-corrected chi connectivity index (χ3v) is 5.34. The first kappa shape index (κ1) is 24.4. The fourth-order valence-corrected chi connectivity index (χ4v) is 3.85. The van der Waals surface area contributed by atoms with Gasteiger partial charge in [0.1, 0.15) is 0 Å². The van der Waals surface area contributed by atoms with E-state index in [4.69, 9.17) is 13.9 Å². The third kappa shape index (κ3) is 5.39. The van der Waals surface area contributed by atoms with E-state index in [-0.39, 0.29) is 11.3 Å². The zero-order valence-corrected chi connectivity index (χ0v) is 19.7. The average Bonchev–Trinajstić information content (AvgIpc) is 3.41. The lowest BCUT2D eigenvalue weighted by molar-refractivity contribution is -0.129. The topological polar surface area (TPSA) is 92.5 Å². The summed E-state index contributed by atoms with van der Waals surface area (Å²) in [6.45, 7) is 6.00. The van der Waals surface area contributed by atoms with Crippen molar-refractivity contribution in [3.63, 3.8) is 0 Å². The highest BCUT2D eigenvalue weighted by Gasteiger charge is 2.44. The summed E-state index contributed by atoms with van der Waals surface area (Å²) in [5.41, 5.74) is 0.656. The molecule has 0 fully saturated rings. The number of carbonyl (C=O) groups excluding carboxylic acids is 2. The van der Waals surface area contributed by atoms with Crippen LogP contribution in [-0.4, -0.2) is 67.0 Å². The van der Waals surface area contributed by atoms with Gasteiger partial charge in [0.2, 0.25) is 5.78 Å². The lowest BCUT2D eigenvalue weighted by Crippen LogP contribution is -2.33. The molecule has 8 heteroatoms. The molecule has 1 aliphatic rings. The van der Waals surface area contributed by atoms with Gasteiger partial charge in [-0.05, 0) is 70.2 Å². The predicted octanol–water partition coefficient (Wildman–Crippen LogP) is 4.00. The van der Waals surface area contributed by atoms with Gasteiger partial charge in [0.25, 0.3) is 5.91 Å². The maximum atomic E-state index is 13.2. The zero-order chi connectivity index (χ0) is 24.0. The number of ether oxygens (including phenoxy) is 2. The number of furan rings is 1. The van der Waals surface area contributed by atoms with Crippen molar-refractivity contribution in [3.05, 3.63) is 59.3 Å². The highest BCUT2D eigenvalue weighted by Crippen LogP contribution is 2.42. The Hall–Kier alpha value is -3.26. The molecule has 1 aromatic carbocycles. The Labute approximate surface area is 194 Å². The number of amides is 1. The fraction of sp³-hybridized carbons (Fsp3) is 0.440. The van der Waals surface area contributed by atoms with Crippen LogP contribution in [0.25, 0.3) is 0 Å². The van der Waals surface area contributed by atoms with Crippen LogP contribution in [0.3, 0.4) is 0 Å². The normalized spacial score (nSPS) is 16.1. The zero-order valence-electron chi connectivity index (χ0n) is 19.7. The van der Waals surface area contributed by atoms with E-state index in [1.54, 1.807) is 24.3 Å². The van der Waals surface area contributed by atoms with Gasteiger partial charge in [-0.3, -0.25) is 9.59 Å². The number of aliphatic hydroxyl groups is 1. The van der Waals surface area contributed by atoms with Crippen LogP contribution >= 0.6 is 0 Å². The lowest BCUT2D eigenvalue weighted by Gasteiger charge is -2.28. The number of carbonyl (C=O) groups is 2. The van der Waals surface area contributed by atoms with Crippen LogP contribution in [0.5, 0.6) is 11.5 Å². The Bertz CT molecular complexity index is 996. The number of hydrogen-bond donors (Lipinski definition) is 1. The Morgan fingerprint density at radius 1 is 1.18 bits per heavy atom. The monoisotopic (exact) mass is 456 g/mol. The molecule has 1 atom stereocenters. The largest absolute Gasteiger partial charge is 0.503 e. The van der Waals surface area contributed by atoms with Crippen molar-refractivity contribution in [2.45, 2.75) is 32.7 Å². The highest BCUT2D eigenvalue weighted by atomic mass is 16.5. The summed E-state index contributed by atoms with van der Waals surface area (Å²) in [5.74, 6) is -0.445. The van der Waals surface area contributed by atoms with Crippen LogP contribution in [0.15, 0.2) is 52.3 Å². The van der Waals surface area contributed by atoms with Gasteiger partial charge in [-0.2, -0.15) is 0 Å². The third-order valence-electron chi connectivity index (χ3n) is 5.34. The van der Waals surface area contributed by atoms with Crippen LogP contribution in [0.2, 0.25) is 0 Å². The van der Waals surface area contributed by atoms with Gasteiger partial charge in [-0.1, -0.05) is 13.0 Å². The number of Topliss-reactive ketones (excluding diaryl/α,β-unsaturated/α-hetero) is 1. The number of hydrogen-bond acceptors (Lipinski definition) is 7. The molecule has 1 amide bonds. The van der Waals surface area contributed by atoms with Crippen molar-refractivity contribution in [2.75, 3.05) is 40.4 Å². The summed E-state index contributed by atoms with van der Waals surface area (Å²) in [5, 5.41) is 10.7. The molecule has 0 bridgehead atoms. The summed E-state index contributed by atoms with van der Waals surface area (Å²) in [6, 6.07) is 7.71. The molecule has 0 spiro atoms. The standard InChI is InChI=1S/C25H32N2O6/c1-5-14-32-18-11-10-17(16-20(18)31-6-2)22-21(23(28)19-9-7-15-33-19)24(29)25(30)27(22)13-8-12-26(3)4/h7,9-11,15-16,22,29H,5-6,8,12-14H2,1-4H3. The van der Waals surface area contributed by atoms with Crippen LogP contribution in [0, 0.1) is 0 Å². The molecule has 2 aromatic rings. The maximum absolute atomic E-state index is 13.2. The first-order valence-electron chi connectivity index (χ1n) is 11.3. The van der Waals surface area contributed by atoms with Crippen molar-refractivity contribution in [1.29, 1.82) is 0 Å². The second kappa shape index (κ2) is 11.0. The molecule has 1 N–H and O–H groups in total. The Kier molecular flexibility index (Phi) is 8.16. The number of benzene rings is 1. The van der Waals surface area contributed by atoms with E-state index in [0.29, 0.717) is 43.2 Å². The number of aliphatic hydroxyl groups excluding tert-OH is 1. The van der Waals surface area contributed by atoms with Crippen molar-refractivity contribution >= 4 is 11.7 Å². The summed E-state index contributed by atoms with van der Waals surface area (Å²) in [4.78, 5) is 29.8. The van der Waals surface area contributed by atoms with Gasteiger partial charge in [0.05, 0.1) is 31.1 Å². The van der Waals surface area contributed by atoms with Crippen LogP contribution in [-0.2, 0) is 4.79 Å². The minimum Gasteiger partial charge on any atom is -0.503 e. The van der Waals surface area contributed by atoms with Gasteiger partial charge in [-0.25, -0.2) is 0 Å². The maximum Gasteiger partial charge on any atom is 0.290 e. The van der Waals surface area contributed by atoms with E-state index in [1.165, 1.54) is 17.2 Å². The number of rotatable bonds is 12. The van der Waals surface area contributed by atoms with Crippen LogP contribution in [0.4, 0.5) is 0 Å². The van der Waals surface area contributed by atoms with E-state index in [1.807, 2.05) is 32.8 Å². The lowest BCUT2D eigenvalue weighted by atomic mass is 9.94. The van der Waals surface area contributed by atoms with E-state index in [9.17, 15) is 14.7 Å². The minimum atomic E-state index is -0.767. The van der Waals surface area contributed by atoms with Crippen LogP contribution < -0.4 is 9.47 Å². The number of nitrogens with zero attached hydrogens (tertiary/aromatic N) is 2. The van der Waals surface area contributed by atoms with Crippen LogP contribution in [0.1, 0.15) is 48.8 Å². The molecule has 8 nitrogen and oxygen atoms in total. The first-order valence-corrected chi connectivity index (χ1v) is 11.3. The SMILES string of the molecule is CCCOc1ccc(C2C(C(=O)c3ccco3)=C(O)C(=O)N2CCCN(C)C)cc1OCC. The van der Waals surface area contributed by atoms with E-state index >= 15 is 0 Å². The minimum absolute atomic E-state index is 0.00415. The van der Waals surface area contributed by atoms with Crippen molar-refractivity contribution < 1.29 is 28.6 Å². The quantitative estimate of drug-likeness (QED) is 0.483. The average molecular weight is 457 g/mol. The summed E-state index contributed by atoms with van der Waals surface area (Å²) in [6.07, 6.45) is 2.92. The Morgan fingerprint density at radius 2 is 1.97 bits per heavy atom. The molecule has 3 rings (SSSR count). The van der Waals surface area contributed by atoms with Crippen molar-refractivity contribution in [2.24, 2.45) is 0 Å². The molecule has 2 heterocycles. The van der Waals surface area contributed by atoms with Gasteiger partial charge in [-0.15, -0.1) is 0 Å². The molecule has 0 saturated heterocycles. The summed E-state index contributed by atoms with van der Waals surface area (Å²) in [7, 11) is 3.91. The molecular formula is C25H32N2O6. The molecule has 0 radical (unpaired) electrons. The Morgan fingerprint density at radius 3 is 2.61 bits per heavy atom. The molecular weight excluding hydrogens is 424 g/mol. The molecule has 33 heavy (non-hydrogen) atoms. The predicted molar refractivity (Wildman–Crippen MR) is 124 cm³/mol. The van der Waals surface area contributed by atoms with Gasteiger partial charge < -0.3 is 28.8 Å². The molecule has 1 aliphatic heterocycles. The summed E-state index contributed by atoms with van der Waals surface area (Å²) >= 11 is 0. The second-order valence-electron chi connectivity index (χ2n) is 8.11. The van der Waals surface area contributed by atoms with Crippen molar-refractivity contribution in [1.82, 2.24) is 9.80 Å².